The van der Waals surface area contributed by atoms with Crippen LogP contribution < -0.4 is 0 Å². The van der Waals surface area contributed by atoms with E-state index in [1.165, 1.54) is 37.7 Å². The molecular formula is C20H32O. The maximum atomic E-state index is 5.98. The Hall–Kier alpha value is -0.560. The molecule has 0 unspecified atom stereocenters. The zero-order valence-electron chi connectivity index (χ0n) is 14.5. The van der Waals surface area contributed by atoms with Gasteiger partial charge in [0.05, 0.1) is 11.7 Å². The van der Waals surface area contributed by atoms with Gasteiger partial charge in [-0.3, -0.25) is 0 Å². The summed E-state index contributed by atoms with van der Waals surface area (Å²) < 4.78 is 5.98. The lowest BCUT2D eigenvalue weighted by molar-refractivity contribution is 0.141. The third-order valence-corrected chi connectivity index (χ3v) is 6.60. The van der Waals surface area contributed by atoms with E-state index in [2.05, 4.69) is 46.8 Å². The van der Waals surface area contributed by atoms with Crippen molar-refractivity contribution in [3.63, 3.8) is 0 Å². The molecule has 0 radical (unpaired) electrons. The van der Waals surface area contributed by atoms with Gasteiger partial charge in [-0.05, 0) is 83.5 Å². The van der Waals surface area contributed by atoms with Crippen molar-refractivity contribution in [3.8, 4) is 0 Å². The number of allylic oxidation sites excluding steroid dienone is 4. The Balaban J connectivity index is 1.72. The van der Waals surface area contributed by atoms with E-state index in [-0.39, 0.29) is 5.60 Å². The molecule has 0 amide bonds. The summed E-state index contributed by atoms with van der Waals surface area (Å²) in [6.07, 6.45) is 13.2. The maximum Gasteiger partial charge on any atom is 0.0920 e. The smallest absolute Gasteiger partial charge is 0.0920 e. The quantitative estimate of drug-likeness (QED) is 0.482. The molecule has 1 saturated heterocycles. The molecule has 21 heavy (non-hydrogen) atoms. The molecule has 0 aromatic heterocycles. The molecule has 0 N–H and O–H groups in total. The third kappa shape index (κ3) is 2.86. The highest BCUT2D eigenvalue weighted by molar-refractivity contribution is 5.17. The summed E-state index contributed by atoms with van der Waals surface area (Å²) in [5, 5.41) is 0. The van der Waals surface area contributed by atoms with E-state index in [1.807, 2.05) is 0 Å². The van der Waals surface area contributed by atoms with E-state index in [4.69, 9.17) is 4.74 Å². The molecule has 118 valence electrons. The number of fused-ring (bicyclic) bond motifs is 2. The molecule has 1 heterocycles. The number of ether oxygens (including phenoxy) is 1. The molecule has 3 rings (SSSR count). The fourth-order valence-electron chi connectivity index (χ4n) is 4.97. The normalized spacial score (nSPS) is 45.6. The molecule has 5 atom stereocenters. The standard InChI is InChI=1S/C20H32O/c1-14(2)7-6-8-15(3)16-9-11-19(4)13-18-20(5,21-18)12-10-17(16)19/h7-8,16-18H,6,9-13H2,1-5H3/b15-8+/t16-,17-,18-,19+,20+/m0/s1. The van der Waals surface area contributed by atoms with E-state index >= 15 is 0 Å². The van der Waals surface area contributed by atoms with Crippen LogP contribution in [-0.4, -0.2) is 11.7 Å². The van der Waals surface area contributed by atoms with Crippen LogP contribution in [0.3, 0.4) is 0 Å². The van der Waals surface area contributed by atoms with Gasteiger partial charge in [0.25, 0.3) is 0 Å². The maximum absolute atomic E-state index is 5.98. The molecule has 1 aliphatic heterocycles. The van der Waals surface area contributed by atoms with Crippen LogP contribution in [-0.2, 0) is 4.74 Å². The first-order chi connectivity index (χ1) is 9.84. The summed E-state index contributed by atoms with van der Waals surface area (Å²) in [4.78, 5) is 0. The lowest BCUT2D eigenvalue weighted by atomic mass is 9.72. The van der Waals surface area contributed by atoms with Crippen LogP contribution in [0.1, 0.15) is 73.1 Å². The van der Waals surface area contributed by atoms with Crippen molar-refractivity contribution in [2.75, 3.05) is 0 Å². The van der Waals surface area contributed by atoms with Gasteiger partial charge in [0.1, 0.15) is 0 Å². The average molecular weight is 288 g/mol. The minimum absolute atomic E-state index is 0.234. The van der Waals surface area contributed by atoms with Crippen molar-refractivity contribution in [1.82, 2.24) is 0 Å². The molecule has 1 nitrogen and oxygen atoms in total. The molecule has 3 fully saturated rings. The topological polar surface area (TPSA) is 12.5 Å². The molecule has 0 aromatic carbocycles. The van der Waals surface area contributed by atoms with E-state index < -0.39 is 0 Å². The molecule has 0 aromatic rings. The number of hydrogen-bond acceptors (Lipinski definition) is 1. The Morgan fingerprint density at radius 1 is 1.10 bits per heavy atom. The second kappa shape index (κ2) is 5.26. The second-order valence-electron chi connectivity index (χ2n) is 8.53. The van der Waals surface area contributed by atoms with Crippen molar-refractivity contribution >= 4 is 0 Å². The molecule has 3 aliphatic rings. The van der Waals surface area contributed by atoms with E-state index in [1.54, 1.807) is 5.57 Å². The lowest BCUT2D eigenvalue weighted by Crippen LogP contribution is -2.26. The van der Waals surface area contributed by atoms with Gasteiger partial charge in [0.2, 0.25) is 0 Å². The Bertz CT molecular complexity index is 470. The molecular weight excluding hydrogens is 256 g/mol. The zero-order valence-corrected chi connectivity index (χ0v) is 14.5. The molecule has 0 bridgehead atoms. The van der Waals surface area contributed by atoms with E-state index in [0.29, 0.717) is 11.5 Å². The van der Waals surface area contributed by atoms with Crippen LogP contribution in [0.25, 0.3) is 0 Å². The largest absolute Gasteiger partial charge is 0.366 e. The first kappa shape index (κ1) is 15.3. The van der Waals surface area contributed by atoms with Gasteiger partial charge in [0.15, 0.2) is 0 Å². The Kier molecular flexibility index (Phi) is 3.84. The third-order valence-electron chi connectivity index (χ3n) is 6.60. The number of epoxide rings is 1. The highest BCUT2D eigenvalue weighted by atomic mass is 16.6. The van der Waals surface area contributed by atoms with Crippen LogP contribution in [0.2, 0.25) is 0 Å². The van der Waals surface area contributed by atoms with Gasteiger partial charge in [-0.1, -0.05) is 30.2 Å². The Labute approximate surface area is 130 Å². The van der Waals surface area contributed by atoms with Crippen LogP contribution in [0.4, 0.5) is 0 Å². The van der Waals surface area contributed by atoms with Gasteiger partial charge in [0, 0.05) is 0 Å². The fraction of sp³-hybridized carbons (Fsp3) is 0.800. The first-order valence-electron chi connectivity index (χ1n) is 8.82. The molecule has 1 heteroatoms. The predicted molar refractivity (Wildman–Crippen MR) is 89.3 cm³/mol. The molecule has 0 spiro atoms. The molecule has 2 saturated carbocycles. The minimum atomic E-state index is 0.234. The number of hydrogen-bond donors (Lipinski definition) is 0. The van der Waals surface area contributed by atoms with E-state index in [0.717, 1.165) is 18.3 Å². The highest BCUT2D eigenvalue weighted by Gasteiger charge is 2.60. The van der Waals surface area contributed by atoms with Crippen LogP contribution in [0, 0.1) is 17.3 Å². The van der Waals surface area contributed by atoms with Gasteiger partial charge in [-0.2, -0.15) is 0 Å². The Morgan fingerprint density at radius 2 is 1.86 bits per heavy atom. The van der Waals surface area contributed by atoms with Gasteiger partial charge >= 0.3 is 0 Å². The summed E-state index contributed by atoms with van der Waals surface area (Å²) in [5.41, 5.74) is 3.82. The van der Waals surface area contributed by atoms with Crippen molar-refractivity contribution < 1.29 is 4.74 Å². The minimum Gasteiger partial charge on any atom is -0.366 e. The monoisotopic (exact) mass is 288 g/mol. The Morgan fingerprint density at radius 3 is 2.57 bits per heavy atom. The summed E-state index contributed by atoms with van der Waals surface area (Å²) in [5.74, 6) is 1.70. The summed E-state index contributed by atoms with van der Waals surface area (Å²) in [6.45, 7) is 11.6. The SMILES string of the molecule is CC(C)=CC/C=C(\C)[C@@H]1CC[C@]2(C)C[C@@H]3O[C@]3(C)CC[C@@H]12. The predicted octanol–water partition coefficient (Wildman–Crippen LogP) is 5.66. The van der Waals surface area contributed by atoms with Gasteiger partial charge in [-0.15, -0.1) is 0 Å². The number of rotatable bonds is 3. The summed E-state index contributed by atoms with van der Waals surface area (Å²) in [7, 11) is 0. The van der Waals surface area contributed by atoms with Gasteiger partial charge < -0.3 is 4.74 Å². The van der Waals surface area contributed by atoms with Crippen molar-refractivity contribution in [2.45, 2.75) is 84.8 Å². The highest BCUT2D eigenvalue weighted by Crippen LogP contribution is 2.61. The fourth-order valence-corrected chi connectivity index (χ4v) is 4.97. The first-order valence-corrected chi connectivity index (χ1v) is 8.82. The van der Waals surface area contributed by atoms with Gasteiger partial charge in [-0.25, -0.2) is 0 Å². The summed E-state index contributed by atoms with van der Waals surface area (Å²) in [6, 6.07) is 0. The van der Waals surface area contributed by atoms with Crippen LogP contribution in [0.15, 0.2) is 23.3 Å². The van der Waals surface area contributed by atoms with Crippen LogP contribution in [0.5, 0.6) is 0 Å². The lowest BCUT2D eigenvalue weighted by Gasteiger charge is -2.33. The second-order valence-corrected chi connectivity index (χ2v) is 8.53. The average Bonchev–Trinajstić information content (AvgIpc) is 2.91. The zero-order chi connectivity index (χ0) is 15.3. The molecule has 2 aliphatic carbocycles. The van der Waals surface area contributed by atoms with Crippen molar-refractivity contribution in [3.05, 3.63) is 23.3 Å². The van der Waals surface area contributed by atoms with Crippen molar-refractivity contribution in [1.29, 1.82) is 0 Å². The van der Waals surface area contributed by atoms with Crippen LogP contribution >= 0.6 is 0 Å². The summed E-state index contributed by atoms with van der Waals surface area (Å²) >= 11 is 0. The van der Waals surface area contributed by atoms with E-state index in [9.17, 15) is 0 Å². The van der Waals surface area contributed by atoms with Crippen molar-refractivity contribution in [2.24, 2.45) is 17.3 Å².